The van der Waals surface area contributed by atoms with Crippen LogP contribution >= 0.6 is 0 Å². The number of ether oxygens (including phenoxy) is 1. The van der Waals surface area contributed by atoms with Crippen LogP contribution in [0.4, 0.5) is 17.1 Å². The second-order valence-electron chi connectivity index (χ2n) is 3.93. The Bertz CT molecular complexity index is 514. The molecular weight excluding hydrogens is 226 g/mol. The van der Waals surface area contributed by atoms with Crippen molar-refractivity contribution in [3.8, 4) is 0 Å². The van der Waals surface area contributed by atoms with Gasteiger partial charge < -0.3 is 15.4 Å². The van der Waals surface area contributed by atoms with Crippen LogP contribution in [0.15, 0.2) is 42.7 Å². The molecule has 0 aliphatic carbocycles. The lowest BCUT2D eigenvalue weighted by atomic mass is 10.2. The molecule has 2 N–H and O–H groups in total. The zero-order chi connectivity index (χ0) is 12.8. The van der Waals surface area contributed by atoms with Crippen LogP contribution in [0.1, 0.15) is 5.56 Å². The first-order valence-electron chi connectivity index (χ1n) is 5.80. The Kier molecular flexibility index (Phi) is 4.15. The fraction of sp³-hybridized carbons (Fsp3) is 0.214. The molecule has 0 saturated carbocycles. The van der Waals surface area contributed by atoms with E-state index in [0.717, 1.165) is 22.6 Å². The van der Waals surface area contributed by atoms with Gasteiger partial charge in [0.25, 0.3) is 0 Å². The first-order chi connectivity index (χ1) is 8.83. The Labute approximate surface area is 107 Å². The molecule has 1 heterocycles. The smallest absolute Gasteiger partial charge is 0.0733 e. The van der Waals surface area contributed by atoms with Crippen LogP contribution in [0.3, 0.4) is 0 Å². The molecular formula is C14H17N3O. The second kappa shape index (κ2) is 6.02. The molecule has 1 aromatic carbocycles. The van der Waals surface area contributed by atoms with Crippen molar-refractivity contribution < 1.29 is 4.74 Å². The number of rotatable bonds is 5. The molecule has 94 valence electrons. The molecule has 0 spiro atoms. The minimum Gasteiger partial charge on any atom is -0.387 e. The average Bonchev–Trinajstić information content (AvgIpc) is 2.41. The van der Waals surface area contributed by atoms with Crippen molar-refractivity contribution in [1.29, 1.82) is 0 Å². The highest BCUT2D eigenvalue weighted by atomic mass is 16.5. The highest BCUT2D eigenvalue weighted by Crippen LogP contribution is 2.22. The summed E-state index contributed by atoms with van der Waals surface area (Å²) in [5.74, 6) is 0. The molecule has 0 bridgehead atoms. The van der Waals surface area contributed by atoms with Crippen molar-refractivity contribution >= 4 is 17.1 Å². The molecule has 1 aromatic heterocycles. The summed E-state index contributed by atoms with van der Waals surface area (Å²) in [5.41, 5.74) is 4.08. The van der Waals surface area contributed by atoms with Gasteiger partial charge in [0.05, 0.1) is 30.4 Å². The normalized spacial score (nSPS) is 10.1. The summed E-state index contributed by atoms with van der Waals surface area (Å²) in [5, 5.41) is 6.42. The molecule has 18 heavy (non-hydrogen) atoms. The number of nitrogens with zero attached hydrogens (tertiary/aromatic N) is 1. The van der Waals surface area contributed by atoms with Crippen LogP contribution < -0.4 is 10.6 Å². The van der Waals surface area contributed by atoms with Gasteiger partial charge in [-0.2, -0.15) is 0 Å². The average molecular weight is 243 g/mol. The van der Waals surface area contributed by atoms with Gasteiger partial charge in [0.2, 0.25) is 0 Å². The SMILES string of the molecule is CNc1cncc(Nc2ccccc2COC)c1. The van der Waals surface area contributed by atoms with E-state index in [1.807, 2.05) is 37.4 Å². The molecule has 0 atom stereocenters. The topological polar surface area (TPSA) is 46.2 Å². The van der Waals surface area contributed by atoms with Gasteiger partial charge in [-0.3, -0.25) is 4.98 Å². The zero-order valence-corrected chi connectivity index (χ0v) is 10.6. The molecule has 2 rings (SSSR count). The van der Waals surface area contributed by atoms with Crippen LogP contribution in [-0.4, -0.2) is 19.1 Å². The number of hydrogen-bond donors (Lipinski definition) is 2. The second-order valence-corrected chi connectivity index (χ2v) is 3.93. The molecule has 0 unspecified atom stereocenters. The fourth-order valence-electron chi connectivity index (χ4n) is 1.72. The molecule has 0 aliphatic rings. The maximum Gasteiger partial charge on any atom is 0.0733 e. The van der Waals surface area contributed by atoms with Crippen molar-refractivity contribution in [2.45, 2.75) is 6.61 Å². The molecule has 4 heteroatoms. The monoisotopic (exact) mass is 243 g/mol. The van der Waals surface area contributed by atoms with Crippen LogP contribution in [0.2, 0.25) is 0 Å². The third-order valence-electron chi connectivity index (χ3n) is 2.62. The summed E-state index contributed by atoms with van der Waals surface area (Å²) in [6.45, 7) is 0.586. The predicted molar refractivity (Wildman–Crippen MR) is 74.2 cm³/mol. The van der Waals surface area contributed by atoms with E-state index >= 15 is 0 Å². The number of nitrogens with one attached hydrogen (secondary N) is 2. The lowest BCUT2D eigenvalue weighted by molar-refractivity contribution is 0.185. The van der Waals surface area contributed by atoms with Gasteiger partial charge in [0, 0.05) is 25.4 Å². The van der Waals surface area contributed by atoms with E-state index in [1.54, 1.807) is 19.5 Å². The molecule has 2 aromatic rings. The van der Waals surface area contributed by atoms with E-state index in [-0.39, 0.29) is 0 Å². The van der Waals surface area contributed by atoms with E-state index in [4.69, 9.17) is 4.74 Å². The van der Waals surface area contributed by atoms with Crippen molar-refractivity contribution in [2.24, 2.45) is 0 Å². The summed E-state index contributed by atoms with van der Waals surface area (Å²) >= 11 is 0. The number of benzene rings is 1. The first-order valence-corrected chi connectivity index (χ1v) is 5.80. The summed E-state index contributed by atoms with van der Waals surface area (Å²) < 4.78 is 5.18. The largest absolute Gasteiger partial charge is 0.387 e. The van der Waals surface area contributed by atoms with Crippen LogP contribution in [-0.2, 0) is 11.3 Å². The molecule has 0 amide bonds. The molecule has 0 aliphatic heterocycles. The number of methoxy groups -OCH3 is 1. The lowest BCUT2D eigenvalue weighted by Gasteiger charge is -2.12. The third kappa shape index (κ3) is 2.99. The van der Waals surface area contributed by atoms with Crippen LogP contribution in [0, 0.1) is 0 Å². The van der Waals surface area contributed by atoms with E-state index in [1.165, 1.54) is 0 Å². The van der Waals surface area contributed by atoms with Gasteiger partial charge in [-0.15, -0.1) is 0 Å². The Balaban J connectivity index is 2.22. The fourth-order valence-corrected chi connectivity index (χ4v) is 1.72. The van der Waals surface area contributed by atoms with Crippen molar-refractivity contribution in [1.82, 2.24) is 4.98 Å². The molecule has 0 fully saturated rings. The summed E-state index contributed by atoms with van der Waals surface area (Å²) in [6, 6.07) is 10.1. The maximum absolute atomic E-state index is 5.18. The van der Waals surface area contributed by atoms with Crippen LogP contribution in [0.5, 0.6) is 0 Å². The summed E-state index contributed by atoms with van der Waals surface area (Å²) in [6.07, 6.45) is 3.58. The van der Waals surface area contributed by atoms with E-state index in [0.29, 0.717) is 6.61 Å². The Morgan fingerprint density at radius 3 is 2.72 bits per heavy atom. The third-order valence-corrected chi connectivity index (χ3v) is 2.62. The van der Waals surface area contributed by atoms with E-state index in [9.17, 15) is 0 Å². The Hall–Kier alpha value is -2.07. The lowest BCUT2D eigenvalue weighted by Crippen LogP contribution is -1.98. The van der Waals surface area contributed by atoms with Gasteiger partial charge in [-0.1, -0.05) is 18.2 Å². The van der Waals surface area contributed by atoms with Crippen LogP contribution in [0.25, 0.3) is 0 Å². The number of para-hydroxylation sites is 1. The van der Waals surface area contributed by atoms with Crippen molar-refractivity contribution in [3.63, 3.8) is 0 Å². The molecule has 4 nitrogen and oxygen atoms in total. The number of aromatic nitrogens is 1. The quantitative estimate of drug-likeness (QED) is 0.847. The number of anilines is 3. The van der Waals surface area contributed by atoms with Gasteiger partial charge in [-0.25, -0.2) is 0 Å². The molecule has 0 radical (unpaired) electrons. The first kappa shape index (κ1) is 12.4. The van der Waals surface area contributed by atoms with E-state index in [2.05, 4.69) is 15.6 Å². The number of hydrogen-bond acceptors (Lipinski definition) is 4. The van der Waals surface area contributed by atoms with Crippen molar-refractivity contribution in [2.75, 3.05) is 24.8 Å². The Morgan fingerprint density at radius 2 is 1.94 bits per heavy atom. The van der Waals surface area contributed by atoms with Gasteiger partial charge in [0.1, 0.15) is 0 Å². The highest BCUT2D eigenvalue weighted by molar-refractivity contribution is 5.65. The highest BCUT2D eigenvalue weighted by Gasteiger charge is 2.02. The summed E-state index contributed by atoms with van der Waals surface area (Å²) in [7, 11) is 3.57. The predicted octanol–water partition coefficient (Wildman–Crippen LogP) is 3.01. The summed E-state index contributed by atoms with van der Waals surface area (Å²) in [4.78, 5) is 4.17. The van der Waals surface area contributed by atoms with Crippen molar-refractivity contribution in [3.05, 3.63) is 48.3 Å². The Morgan fingerprint density at radius 1 is 1.17 bits per heavy atom. The van der Waals surface area contributed by atoms with Gasteiger partial charge in [0.15, 0.2) is 0 Å². The zero-order valence-electron chi connectivity index (χ0n) is 10.6. The van der Waals surface area contributed by atoms with E-state index < -0.39 is 0 Å². The minimum atomic E-state index is 0.586. The standard InChI is InChI=1S/C14H17N3O/c1-15-12-7-13(9-16-8-12)17-14-6-4-3-5-11(14)10-18-2/h3-9,15,17H,10H2,1-2H3. The number of pyridine rings is 1. The maximum atomic E-state index is 5.18. The molecule has 0 saturated heterocycles. The van der Waals surface area contributed by atoms with Gasteiger partial charge in [-0.05, 0) is 12.1 Å². The minimum absolute atomic E-state index is 0.586. The van der Waals surface area contributed by atoms with Gasteiger partial charge >= 0.3 is 0 Å².